The van der Waals surface area contributed by atoms with E-state index in [9.17, 15) is 0 Å². The van der Waals surface area contributed by atoms with Crippen LogP contribution in [-0.2, 0) is 13.3 Å². The van der Waals surface area contributed by atoms with E-state index in [4.69, 9.17) is 13.3 Å². The number of hydrogen-bond acceptors (Lipinski definition) is 6. The van der Waals surface area contributed by atoms with E-state index in [0.29, 0.717) is 0 Å². The van der Waals surface area contributed by atoms with Crippen molar-refractivity contribution < 1.29 is 13.3 Å². The molecule has 0 heterocycles. The second kappa shape index (κ2) is 5.89. The minimum absolute atomic E-state index is 0.726. The molecule has 3 nitrogen and oxygen atoms in total. The summed E-state index contributed by atoms with van der Waals surface area (Å²) in [6.07, 6.45) is 0.916. The van der Waals surface area contributed by atoms with Crippen LogP contribution < -0.4 is 0 Å². The van der Waals surface area contributed by atoms with Crippen LogP contribution in [0.1, 0.15) is 13.3 Å². The zero-order valence-electron chi connectivity index (χ0n) is 7.98. The van der Waals surface area contributed by atoms with E-state index in [1.165, 1.54) is 0 Å². The van der Waals surface area contributed by atoms with Gasteiger partial charge < -0.3 is 13.3 Å². The lowest BCUT2D eigenvalue weighted by Gasteiger charge is -2.31. The van der Waals surface area contributed by atoms with Gasteiger partial charge >= 0.3 is 8.80 Å². The van der Waals surface area contributed by atoms with Crippen molar-refractivity contribution in [1.82, 2.24) is 0 Å². The molecule has 0 aliphatic carbocycles. The van der Waals surface area contributed by atoms with E-state index in [2.05, 4.69) is 37.9 Å². The Labute approximate surface area is 97.1 Å². The summed E-state index contributed by atoms with van der Waals surface area (Å²) in [4.78, 5) is 0. The van der Waals surface area contributed by atoms with Crippen molar-refractivity contribution in [2.45, 2.75) is 23.0 Å². The van der Waals surface area contributed by atoms with Gasteiger partial charge in [0.1, 0.15) is 0 Å². The summed E-state index contributed by atoms with van der Waals surface area (Å²) in [5.74, 6) is 0. The molecule has 0 saturated carbocycles. The second-order valence-electron chi connectivity index (χ2n) is 2.52. The van der Waals surface area contributed by atoms with Crippen LogP contribution in [0, 0.1) is 0 Å². The van der Waals surface area contributed by atoms with Gasteiger partial charge in [-0.3, -0.25) is 0 Å². The van der Waals surface area contributed by atoms with Crippen molar-refractivity contribution in [1.29, 1.82) is 0 Å². The van der Waals surface area contributed by atoms with Gasteiger partial charge in [0.25, 0.3) is 0 Å². The standard InChI is InChI=1S/C6H16O3S3Si/c1-4-5-13(7-2,8-3)9-6(10,11)12/h10-12H,4-5H2,1-3H3. The fraction of sp³-hybridized carbons (Fsp3) is 1.00. The molecule has 0 aliphatic heterocycles. The van der Waals surface area contributed by atoms with Crippen LogP contribution in [0.5, 0.6) is 0 Å². The third kappa shape index (κ3) is 5.56. The lowest BCUT2D eigenvalue weighted by Crippen LogP contribution is -2.46. The maximum Gasteiger partial charge on any atom is 0.502 e. The number of hydrogen-bond donors (Lipinski definition) is 3. The van der Waals surface area contributed by atoms with E-state index < -0.39 is 12.4 Å². The third-order valence-corrected chi connectivity index (χ3v) is 5.23. The molecule has 0 N–H and O–H groups in total. The largest absolute Gasteiger partial charge is 0.502 e. The second-order valence-corrected chi connectivity index (χ2v) is 8.35. The van der Waals surface area contributed by atoms with E-state index in [0.717, 1.165) is 12.5 Å². The summed E-state index contributed by atoms with van der Waals surface area (Å²) >= 11 is 12.1. The van der Waals surface area contributed by atoms with Gasteiger partial charge in [0.2, 0.25) is 0 Å². The Hall–Kier alpha value is 1.15. The molecule has 80 valence electrons. The highest BCUT2D eigenvalue weighted by molar-refractivity contribution is 8.16. The van der Waals surface area contributed by atoms with Crippen molar-refractivity contribution >= 4 is 46.7 Å². The molecule has 0 atom stereocenters. The summed E-state index contributed by atoms with van der Waals surface area (Å²) in [7, 11) is 0.516. The van der Waals surface area contributed by atoms with Gasteiger partial charge in [0.05, 0.1) is 0 Å². The lowest BCUT2D eigenvalue weighted by molar-refractivity contribution is 0.103. The molecule has 0 aromatic carbocycles. The average Bonchev–Trinajstić information content (AvgIpc) is 2.01. The molecule has 0 radical (unpaired) electrons. The van der Waals surface area contributed by atoms with E-state index in [1.807, 2.05) is 6.92 Å². The van der Waals surface area contributed by atoms with Crippen molar-refractivity contribution in [3.63, 3.8) is 0 Å². The summed E-state index contributed by atoms with van der Waals surface area (Å²) in [5, 5.41) is 0. The molecule has 0 aliphatic rings. The van der Waals surface area contributed by atoms with E-state index in [1.54, 1.807) is 14.2 Å². The van der Waals surface area contributed by atoms with Gasteiger partial charge in [-0.1, -0.05) is 13.3 Å². The average molecular weight is 260 g/mol. The summed E-state index contributed by atoms with van der Waals surface area (Å²) in [6.45, 7) is 2.03. The molecule has 0 spiro atoms. The minimum Gasteiger partial charge on any atom is -0.377 e. The first kappa shape index (κ1) is 14.1. The first-order valence-electron chi connectivity index (χ1n) is 3.86. The quantitative estimate of drug-likeness (QED) is 0.388. The minimum atomic E-state index is -2.61. The molecule has 13 heavy (non-hydrogen) atoms. The van der Waals surface area contributed by atoms with Gasteiger partial charge in [-0.05, 0) is 0 Å². The maximum atomic E-state index is 5.45. The Bertz CT molecular complexity index is 147. The Balaban J connectivity index is 4.38. The van der Waals surface area contributed by atoms with Crippen molar-refractivity contribution in [2.75, 3.05) is 14.2 Å². The van der Waals surface area contributed by atoms with Crippen LogP contribution in [0.2, 0.25) is 6.04 Å². The van der Waals surface area contributed by atoms with Gasteiger partial charge in [-0.2, -0.15) is 0 Å². The van der Waals surface area contributed by atoms with Crippen LogP contribution in [0.3, 0.4) is 0 Å². The molecule has 0 bridgehead atoms. The highest BCUT2D eigenvalue weighted by atomic mass is 32.2. The fourth-order valence-electron chi connectivity index (χ4n) is 0.937. The van der Waals surface area contributed by atoms with E-state index in [-0.39, 0.29) is 0 Å². The monoisotopic (exact) mass is 260 g/mol. The molecule has 7 heteroatoms. The molecule has 0 aromatic heterocycles. The Morgan fingerprint density at radius 2 is 1.62 bits per heavy atom. The molecule has 0 fully saturated rings. The first-order chi connectivity index (χ1) is 5.89. The van der Waals surface area contributed by atoms with Crippen LogP contribution >= 0.6 is 37.9 Å². The topological polar surface area (TPSA) is 27.7 Å². The molecule has 0 unspecified atom stereocenters. The Morgan fingerprint density at radius 3 is 1.85 bits per heavy atom. The van der Waals surface area contributed by atoms with Crippen molar-refractivity contribution in [2.24, 2.45) is 0 Å². The third-order valence-electron chi connectivity index (χ3n) is 1.47. The zero-order chi connectivity index (χ0) is 10.5. The van der Waals surface area contributed by atoms with Gasteiger partial charge in [-0.25, -0.2) is 0 Å². The summed E-state index contributed by atoms with van der Waals surface area (Å²) < 4.78 is 14.8. The van der Waals surface area contributed by atoms with Gasteiger partial charge in [-0.15, -0.1) is 37.9 Å². The predicted octanol–water partition coefficient (Wildman–Crippen LogP) is 2.05. The van der Waals surface area contributed by atoms with Crippen LogP contribution in [-0.4, -0.2) is 26.6 Å². The molecule has 0 rings (SSSR count). The lowest BCUT2D eigenvalue weighted by atomic mass is 10.6. The highest BCUT2D eigenvalue weighted by Crippen LogP contribution is 2.32. The fourth-order valence-corrected chi connectivity index (χ4v) is 4.06. The van der Waals surface area contributed by atoms with Crippen LogP contribution in [0.15, 0.2) is 0 Å². The molecule has 0 saturated heterocycles. The smallest absolute Gasteiger partial charge is 0.377 e. The van der Waals surface area contributed by atoms with Crippen molar-refractivity contribution in [3.05, 3.63) is 0 Å². The molecule has 0 amide bonds. The van der Waals surface area contributed by atoms with Gasteiger partial charge in [0.15, 0.2) is 3.60 Å². The van der Waals surface area contributed by atoms with Crippen LogP contribution in [0.4, 0.5) is 0 Å². The number of thiol groups is 3. The normalized spacial score (nSPS) is 13.4. The maximum absolute atomic E-state index is 5.45. The number of rotatable bonds is 6. The van der Waals surface area contributed by atoms with Gasteiger partial charge in [0, 0.05) is 20.3 Å². The summed E-state index contributed by atoms with van der Waals surface area (Å²) in [6, 6.07) is 0.726. The molecular formula is C6H16O3S3Si. The molecule has 0 aromatic rings. The Morgan fingerprint density at radius 1 is 1.15 bits per heavy atom. The summed E-state index contributed by atoms with van der Waals surface area (Å²) in [5.41, 5.74) is 0. The van der Waals surface area contributed by atoms with Crippen molar-refractivity contribution in [3.8, 4) is 0 Å². The SMILES string of the molecule is CCC[Si](OC)(OC)OC(S)(S)S. The Kier molecular flexibility index (Phi) is 6.41. The van der Waals surface area contributed by atoms with Crippen LogP contribution in [0.25, 0.3) is 0 Å². The van der Waals surface area contributed by atoms with E-state index >= 15 is 0 Å². The molecular weight excluding hydrogens is 244 g/mol. The highest BCUT2D eigenvalue weighted by Gasteiger charge is 2.43. The zero-order valence-corrected chi connectivity index (χ0v) is 11.7. The predicted molar refractivity (Wildman–Crippen MR) is 65.6 cm³/mol. The first-order valence-corrected chi connectivity index (χ1v) is 7.14.